The van der Waals surface area contributed by atoms with Crippen LogP contribution in [-0.4, -0.2) is 22.5 Å². The Labute approximate surface area is 128 Å². The Morgan fingerprint density at radius 1 is 1.50 bits per heavy atom. The number of hydrogen-bond donors (Lipinski definition) is 2. The van der Waals surface area contributed by atoms with Gasteiger partial charge in [-0.05, 0) is 39.0 Å². The van der Waals surface area contributed by atoms with Crippen LogP contribution in [0.2, 0.25) is 0 Å². The maximum absolute atomic E-state index is 12.0. The van der Waals surface area contributed by atoms with Crippen LogP contribution in [-0.2, 0) is 5.60 Å². The Balaban J connectivity index is 2.06. The minimum absolute atomic E-state index is 0.0212. The molecule has 0 aliphatic carbocycles. The van der Waals surface area contributed by atoms with Gasteiger partial charge < -0.3 is 14.8 Å². The van der Waals surface area contributed by atoms with E-state index in [0.29, 0.717) is 22.6 Å². The molecule has 2 aromatic heterocycles. The molecule has 1 amide bonds. The molecule has 0 saturated carbocycles. The Hall–Kier alpha value is -2.65. The van der Waals surface area contributed by atoms with Gasteiger partial charge in [0.05, 0.1) is 12.1 Å². The zero-order valence-corrected chi connectivity index (χ0v) is 12.7. The van der Waals surface area contributed by atoms with E-state index in [9.17, 15) is 9.90 Å². The quantitative estimate of drug-likeness (QED) is 0.896. The molecule has 2 aromatic rings. The van der Waals surface area contributed by atoms with Gasteiger partial charge in [0.15, 0.2) is 0 Å². The number of nitrogens with one attached hydrogen (secondary N) is 1. The number of nitrogens with zero attached hydrogens (tertiary/aromatic N) is 2. The maximum atomic E-state index is 12.0. The van der Waals surface area contributed by atoms with Crippen LogP contribution in [0.5, 0.6) is 0 Å². The molecule has 0 saturated heterocycles. The van der Waals surface area contributed by atoms with E-state index in [0.717, 1.165) is 0 Å². The fraction of sp³-hybridized carbons (Fsp3) is 0.312. The van der Waals surface area contributed by atoms with Crippen molar-refractivity contribution in [3.05, 3.63) is 52.7 Å². The lowest BCUT2D eigenvalue weighted by molar-refractivity contribution is 0.0512. The second-order valence-electron chi connectivity index (χ2n) is 5.33. The van der Waals surface area contributed by atoms with E-state index >= 15 is 0 Å². The molecule has 0 aliphatic heterocycles. The zero-order chi connectivity index (χ0) is 16.3. The molecule has 6 heteroatoms. The van der Waals surface area contributed by atoms with Crippen LogP contribution >= 0.6 is 0 Å². The van der Waals surface area contributed by atoms with E-state index in [-0.39, 0.29) is 12.2 Å². The van der Waals surface area contributed by atoms with Gasteiger partial charge in [-0.2, -0.15) is 5.26 Å². The van der Waals surface area contributed by atoms with Crippen molar-refractivity contribution in [3.8, 4) is 6.07 Å². The summed E-state index contributed by atoms with van der Waals surface area (Å²) in [6.07, 6.45) is 1.33. The summed E-state index contributed by atoms with van der Waals surface area (Å²) in [6.45, 7) is 5.19. The van der Waals surface area contributed by atoms with Crippen LogP contribution in [0, 0.1) is 25.2 Å². The van der Waals surface area contributed by atoms with Crippen LogP contribution in [0.3, 0.4) is 0 Å². The largest absolute Gasteiger partial charge is 0.466 e. The molecule has 0 bridgehead atoms. The molecular weight excluding hydrogens is 282 g/mol. The van der Waals surface area contributed by atoms with Gasteiger partial charge >= 0.3 is 0 Å². The fourth-order valence-electron chi connectivity index (χ4n) is 2.20. The van der Waals surface area contributed by atoms with Crippen molar-refractivity contribution in [1.82, 2.24) is 10.3 Å². The third-order valence-corrected chi connectivity index (χ3v) is 3.34. The van der Waals surface area contributed by atoms with Crippen LogP contribution in [0.25, 0.3) is 0 Å². The van der Waals surface area contributed by atoms with Crippen molar-refractivity contribution < 1.29 is 14.3 Å². The summed E-state index contributed by atoms with van der Waals surface area (Å²) in [5.74, 6) is 0.906. The molecule has 6 nitrogen and oxygen atoms in total. The number of furan rings is 1. The first-order valence-corrected chi connectivity index (χ1v) is 6.78. The molecule has 2 rings (SSSR count). The third kappa shape index (κ3) is 3.32. The van der Waals surface area contributed by atoms with Crippen molar-refractivity contribution in [2.24, 2.45) is 0 Å². The van der Waals surface area contributed by atoms with Gasteiger partial charge in [0.2, 0.25) is 0 Å². The lowest BCUT2D eigenvalue weighted by Gasteiger charge is -2.23. The summed E-state index contributed by atoms with van der Waals surface area (Å²) in [6, 6.07) is 6.67. The van der Waals surface area contributed by atoms with Crippen molar-refractivity contribution in [3.63, 3.8) is 0 Å². The molecule has 22 heavy (non-hydrogen) atoms. The second kappa shape index (κ2) is 6.00. The Morgan fingerprint density at radius 3 is 2.73 bits per heavy atom. The van der Waals surface area contributed by atoms with Gasteiger partial charge in [0, 0.05) is 11.8 Å². The van der Waals surface area contributed by atoms with Crippen LogP contribution in [0.15, 0.2) is 28.8 Å². The van der Waals surface area contributed by atoms with Crippen LogP contribution in [0.4, 0.5) is 0 Å². The predicted molar refractivity (Wildman–Crippen MR) is 79.0 cm³/mol. The van der Waals surface area contributed by atoms with E-state index < -0.39 is 11.5 Å². The highest BCUT2D eigenvalue weighted by atomic mass is 16.3. The van der Waals surface area contributed by atoms with Crippen molar-refractivity contribution in [2.75, 3.05) is 6.54 Å². The first-order valence-electron chi connectivity index (χ1n) is 6.78. The van der Waals surface area contributed by atoms with E-state index in [1.807, 2.05) is 6.07 Å². The van der Waals surface area contributed by atoms with Gasteiger partial charge in [0.25, 0.3) is 5.91 Å². The minimum Gasteiger partial charge on any atom is -0.466 e. The summed E-state index contributed by atoms with van der Waals surface area (Å²) >= 11 is 0. The Morgan fingerprint density at radius 2 is 2.23 bits per heavy atom. The zero-order valence-electron chi connectivity index (χ0n) is 12.7. The third-order valence-electron chi connectivity index (χ3n) is 3.34. The first kappa shape index (κ1) is 15.7. The summed E-state index contributed by atoms with van der Waals surface area (Å²) in [5, 5.41) is 21.9. The number of hydrogen-bond acceptors (Lipinski definition) is 5. The molecule has 0 aliphatic rings. The average Bonchev–Trinajstić information content (AvgIpc) is 2.84. The number of rotatable bonds is 4. The van der Waals surface area contributed by atoms with Crippen molar-refractivity contribution in [2.45, 2.75) is 26.4 Å². The standard InChI is InChI=1S/C16H17N3O3/c1-10-6-13(11(2)22-10)16(3,21)9-19-15(20)14-5-4-12(7-17)8-18-14/h4-6,8,21H,9H2,1-3H3,(H,19,20). The number of aromatic nitrogens is 1. The summed E-state index contributed by atoms with van der Waals surface area (Å²) < 4.78 is 5.40. The fourth-order valence-corrected chi connectivity index (χ4v) is 2.20. The molecule has 1 atom stereocenters. The summed E-state index contributed by atoms with van der Waals surface area (Å²) in [5.41, 5.74) is -0.0366. The molecular formula is C16H17N3O3. The lowest BCUT2D eigenvalue weighted by atomic mass is 9.96. The van der Waals surface area contributed by atoms with Crippen LogP contribution < -0.4 is 5.32 Å². The van der Waals surface area contributed by atoms with Gasteiger partial charge in [-0.3, -0.25) is 4.79 Å². The molecule has 0 radical (unpaired) electrons. The van der Waals surface area contributed by atoms with E-state index in [1.54, 1.807) is 26.8 Å². The number of carbonyl (C=O) groups excluding carboxylic acids is 1. The SMILES string of the molecule is Cc1cc(C(C)(O)CNC(=O)c2ccc(C#N)cn2)c(C)o1. The molecule has 2 N–H and O–H groups in total. The van der Waals surface area contributed by atoms with Gasteiger partial charge in [0.1, 0.15) is 28.9 Å². The van der Waals surface area contributed by atoms with E-state index in [4.69, 9.17) is 9.68 Å². The highest BCUT2D eigenvalue weighted by molar-refractivity contribution is 5.92. The molecule has 0 aromatic carbocycles. The number of carbonyl (C=O) groups is 1. The highest BCUT2D eigenvalue weighted by Crippen LogP contribution is 2.26. The first-order chi connectivity index (χ1) is 10.3. The van der Waals surface area contributed by atoms with E-state index in [2.05, 4.69) is 10.3 Å². The Kier molecular flexibility index (Phi) is 4.29. The van der Waals surface area contributed by atoms with Gasteiger partial charge in [-0.25, -0.2) is 4.98 Å². The monoisotopic (exact) mass is 299 g/mol. The number of aryl methyl sites for hydroxylation is 2. The normalized spacial score (nSPS) is 13.2. The topological polar surface area (TPSA) is 99.2 Å². The van der Waals surface area contributed by atoms with Gasteiger partial charge in [-0.1, -0.05) is 0 Å². The molecule has 0 spiro atoms. The molecule has 1 unspecified atom stereocenters. The maximum Gasteiger partial charge on any atom is 0.269 e. The van der Waals surface area contributed by atoms with Crippen molar-refractivity contribution in [1.29, 1.82) is 5.26 Å². The highest BCUT2D eigenvalue weighted by Gasteiger charge is 2.28. The van der Waals surface area contributed by atoms with Gasteiger partial charge in [-0.15, -0.1) is 0 Å². The number of nitriles is 1. The predicted octanol–water partition coefficient (Wildman–Crippen LogP) is 1.80. The minimum atomic E-state index is -1.25. The smallest absolute Gasteiger partial charge is 0.269 e. The average molecular weight is 299 g/mol. The number of pyridine rings is 1. The lowest BCUT2D eigenvalue weighted by Crippen LogP contribution is -2.39. The van der Waals surface area contributed by atoms with Crippen molar-refractivity contribution >= 4 is 5.91 Å². The Bertz CT molecular complexity index is 724. The summed E-state index contributed by atoms with van der Waals surface area (Å²) in [4.78, 5) is 15.9. The number of amides is 1. The summed E-state index contributed by atoms with van der Waals surface area (Å²) in [7, 11) is 0. The molecule has 2 heterocycles. The molecule has 114 valence electrons. The molecule has 0 fully saturated rings. The van der Waals surface area contributed by atoms with E-state index in [1.165, 1.54) is 18.3 Å². The number of aliphatic hydroxyl groups is 1. The van der Waals surface area contributed by atoms with Crippen LogP contribution in [0.1, 0.15) is 40.1 Å². The second-order valence-corrected chi connectivity index (χ2v) is 5.33.